The lowest BCUT2D eigenvalue weighted by molar-refractivity contribution is -0.596. The molecule has 190 valence electrons. The van der Waals surface area contributed by atoms with Gasteiger partial charge in [-0.3, -0.25) is 0 Å². The van der Waals surface area contributed by atoms with Crippen molar-refractivity contribution in [1.82, 2.24) is 0 Å². The van der Waals surface area contributed by atoms with Crippen LogP contribution < -0.4 is 9.13 Å². The Hall–Kier alpha value is -3.92. The first-order chi connectivity index (χ1) is 17.4. The quantitative estimate of drug-likeness (QED) is 0.254. The number of para-hydroxylation sites is 2. The fourth-order valence-electron chi connectivity index (χ4n) is 2.78. The fraction of sp³-hybridized carbons (Fsp3) is 0.250. The lowest BCUT2D eigenvalue weighted by Gasteiger charge is -2.01. The van der Waals surface area contributed by atoms with Gasteiger partial charge in [-0.15, -0.1) is 0 Å². The van der Waals surface area contributed by atoms with E-state index in [9.17, 15) is 0 Å². The van der Waals surface area contributed by atoms with E-state index in [1.165, 1.54) is 22.5 Å². The molecule has 4 aromatic rings. The first kappa shape index (κ1) is 32.1. The molecule has 0 radical (unpaired) electrons. The van der Waals surface area contributed by atoms with Crippen molar-refractivity contribution in [2.75, 3.05) is 28.2 Å². The van der Waals surface area contributed by atoms with Gasteiger partial charge in [-0.2, -0.15) is 9.13 Å². The normalized spacial score (nSPS) is 8.78. The summed E-state index contributed by atoms with van der Waals surface area (Å²) >= 11 is 0. The van der Waals surface area contributed by atoms with Crippen LogP contribution in [-0.2, 0) is 0 Å². The van der Waals surface area contributed by atoms with Crippen molar-refractivity contribution in [3.8, 4) is 22.5 Å². The third-order valence-corrected chi connectivity index (χ3v) is 4.10. The van der Waals surface area contributed by atoms with Crippen LogP contribution in [0.25, 0.3) is 22.5 Å². The van der Waals surface area contributed by atoms with E-state index in [0.717, 1.165) is 0 Å². The highest BCUT2D eigenvalue weighted by Gasteiger charge is 2.08. The first-order valence-corrected chi connectivity index (χ1v) is 12.5. The van der Waals surface area contributed by atoms with Crippen molar-refractivity contribution < 1.29 is 18.3 Å². The maximum atomic E-state index is 3.47. The molecule has 2 aromatic heterocycles. The molecule has 4 nitrogen and oxygen atoms in total. The zero-order valence-electron chi connectivity index (χ0n) is 23.6. The van der Waals surface area contributed by atoms with Crippen LogP contribution in [0.5, 0.6) is 0 Å². The monoisotopic (exact) mass is 486 g/mol. The van der Waals surface area contributed by atoms with Crippen LogP contribution in [0, 0.1) is 0 Å². The van der Waals surface area contributed by atoms with E-state index in [-0.39, 0.29) is 0 Å². The first-order valence-electron chi connectivity index (χ1n) is 12.5. The van der Waals surface area contributed by atoms with E-state index in [1.807, 2.05) is 68.0 Å². The van der Waals surface area contributed by atoms with Crippen molar-refractivity contribution >= 4 is 13.4 Å². The smallest absolute Gasteiger partial charge is 0.210 e. The molecule has 0 aliphatic carbocycles. The lowest BCUT2D eigenvalue weighted by atomic mass is 10.1. The summed E-state index contributed by atoms with van der Waals surface area (Å²) in [7, 11) is 7.56. The van der Waals surface area contributed by atoms with Crippen molar-refractivity contribution in [3.05, 3.63) is 110 Å². The standard InChI is InChI=1S/C22H18N2.2C3H8N.2C2H6/c1-3-7-21(8-4-1)23-15-11-19(12-16-23)20-13-17-24(18-14-20)22-9-5-2-6-10-22;2*1-4(2)3;2*1-2/h1-18H;2*1H2,2-3H3;2*1-2H3/q+2;2*+1;;. The van der Waals surface area contributed by atoms with E-state index < -0.39 is 0 Å². The van der Waals surface area contributed by atoms with Gasteiger partial charge in [0.15, 0.2) is 24.8 Å². The summed E-state index contributed by atoms with van der Waals surface area (Å²) < 4.78 is 7.74. The Morgan fingerprint density at radius 3 is 0.889 bits per heavy atom. The summed E-state index contributed by atoms with van der Waals surface area (Å²) in [6.07, 6.45) is 8.40. The molecule has 0 saturated heterocycles. The largest absolute Gasteiger partial charge is 0.248 e. The van der Waals surface area contributed by atoms with Crippen LogP contribution in [0.3, 0.4) is 0 Å². The minimum atomic E-state index is 1.17. The second kappa shape index (κ2) is 19.4. The summed E-state index contributed by atoms with van der Waals surface area (Å²) in [5, 5.41) is 0. The number of hydrogen-bond acceptors (Lipinski definition) is 0. The van der Waals surface area contributed by atoms with Crippen molar-refractivity contribution in [2.24, 2.45) is 0 Å². The van der Waals surface area contributed by atoms with Gasteiger partial charge in [0.05, 0.1) is 0 Å². The van der Waals surface area contributed by atoms with Gasteiger partial charge in [0.2, 0.25) is 11.4 Å². The van der Waals surface area contributed by atoms with Crippen LogP contribution in [0.4, 0.5) is 0 Å². The van der Waals surface area contributed by atoms with Gasteiger partial charge in [0.1, 0.15) is 41.6 Å². The molecular formula is C32H46N4+4. The van der Waals surface area contributed by atoms with Gasteiger partial charge in [-0.05, 0) is 11.1 Å². The average molecular weight is 487 g/mol. The van der Waals surface area contributed by atoms with Gasteiger partial charge in [-0.25, -0.2) is 9.15 Å². The number of hydrogen-bond donors (Lipinski definition) is 0. The molecule has 2 aromatic carbocycles. The van der Waals surface area contributed by atoms with Gasteiger partial charge in [0.25, 0.3) is 0 Å². The third kappa shape index (κ3) is 13.1. The minimum absolute atomic E-state index is 1.17. The Morgan fingerprint density at radius 1 is 0.444 bits per heavy atom. The highest BCUT2D eigenvalue weighted by molar-refractivity contribution is 5.61. The van der Waals surface area contributed by atoms with E-state index in [1.54, 1.807) is 9.15 Å². The number of rotatable bonds is 3. The Morgan fingerprint density at radius 2 is 0.667 bits per heavy atom. The maximum Gasteiger partial charge on any atom is 0.210 e. The molecule has 36 heavy (non-hydrogen) atoms. The van der Waals surface area contributed by atoms with Crippen molar-refractivity contribution in [2.45, 2.75) is 27.7 Å². The second-order valence-electron chi connectivity index (χ2n) is 7.82. The van der Waals surface area contributed by atoms with Gasteiger partial charge in [-0.1, -0.05) is 64.1 Å². The lowest BCUT2D eigenvalue weighted by Crippen LogP contribution is -2.29. The molecule has 0 unspecified atom stereocenters. The Kier molecular flexibility index (Phi) is 17.3. The second-order valence-corrected chi connectivity index (χ2v) is 7.82. The predicted octanol–water partition coefficient (Wildman–Crippen LogP) is 5.88. The summed E-state index contributed by atoms with van der Waals surface area (Å²) in [5.41, 5.74) is 4.75. The summed E-state index contributed by atoms with van der Waals surface area (Å²) in [6, 6.07) is 29.3. The van der Waals surface area contributed by atoms with Crippen LogP contribution >= 0.6 is 0 Å². The number of nitrogens with zero attached hydrogens (tertiary/aromatic N) is 4. The zero-order chi connectivity index (χ0) is 27.3. The van der Waals surface area contributed by atoms with Crippen LogP contribution in [0.15, 0.2) is 110 Å². The molecule has 4 heteroatoms. The van der Waals surface area contributed by atoms with E-state index in [0.29, 0.717) is 0 Å². The van der Waals surface area contributed by atoms with Crippen molar-refractivity contribution in [1.29, 1.82) is 0 Å². The fourth-order valence-corrected chi connectivity index (χ4v) is 2.78. The van der Waals surface area contributed by atoms with Crippen LogP contribution in [0.1, 0.15) is 27.7 Å². The number of benzene rings is 2. The van der Waals surface area contributed by atoms with E-state index in [4.69, 9.17) is 0 Å². The molecule has 0 saturated carbocycles. The molecule has 2 heterocycles. The summed E-state index contributed by atoms with van der Waals surface area (Å²) in [6.45, 7) is 14.9. The number of pyridine rings is 2. The topological polar surface area (TPSA) is 13.8 Å². The highest BCUT2D eigenvalue weighted by Crippen LogP contribution is 2.16. The van der Waals surface area contributed by atoms with Crippen LogP contribution in [-0.4, -0.2) is 50.8 Å². The van der Waals surface area contributed by atoms with E-state index >= 15 is 0 Å². The van der Waals surface area contributed by atoms with Gasteiger partial charge >= 0.3 is 0 Å². The van der Waals surface area contributed by atoms with Gasteiger partial charge in [0, 0.05) is 48.5 Å². The Labute approximate surface area is 219 Å². The predicted molar refractivity (Wildman–Crippen MR) is 156 cm³/mol. The maximum absolute atomic E-state index is 3.47. The number of aromatic nitrogens is 2. The minimum Gasteiger partial charge on any atom is -0.248 e. The molecule has 0 amide bonds. The molecule has 0 aliphatic heterocycles. The van der Waals surface area contributed by atoms with Gasteiger partial charge < -0.3 is 0 Å². The average Bonchev–Trinajstić information content (AvgIpc) is 2.92. The molecule has 0 spiro atoms. The van der Waals surface area contributed by atoms with E-state index in [2.05, 4.69) is 120 Å². The summed E-state index contributed by atoms with van der Waals surface area (Å²) in [4.78, 5) is 0. The molecule has 4 rings (SSSR count). The molecule has 0 bridgehead atoms. The Bertz CT molecular complexity index is 1000. The molecule has 0 aliphatic rings. The molecule has 0 atom stereocenters. The third-order valence-electron chi connectivity index (χ3n) is 4.10. The summed E-state index contributed by atoms with van der Waals surface area (Å²) in [5.74, 6) is 0. The molecular weight excluding hydrogens is 440 g/mol. The van der Waals surface area contributed by atoms with Crippen molar-refractivity contribution in [3.63, 3.8) is 0 Å². The Balaban J connectivity index is 0.000000874. The SMILES string of the molecule is C=[N+](C)C.C=[N+](C)C.CC.CC.c1ccc(-[n+]2ccc(-c3cc[n+](-c4ccccc4)cc3)cc2)cc1. The molecule has 0 N–H and O–H groups in total. The molecule has 0 fully saturated rings. The van der Waals surface area contributed by atoms with Crippen LogP contribution in [0.2, 0.25) is 0 Å². The highest BCUT2D eigenvalue weighted by atomic mass is 14.9. The zero-order valence-corrected chi connectivity index (χ0v) is 23.6.